The lowest BCUT2D eigenvalue weighted by Gasteiger charge is -2.06. The van der Waals surface area contributed by atoms with Crippen LogP contribution in [-0.2, 0) is 0 Å². The van der Waals surface area contributed by atoms with Crippen LogP contribution in [0.25, 0.3) is 0 Å². The Labute approximate surface area is 108 Å². The number of hydrogen-bond acceptors (Lipinski definition) is 5. The largest absolute Gasteiger partial charge is 0.423 e. The van der Waals surface area contributed by atoms with Crippen LogP contribution in [0.15, 0.2) is 24.5 Å². The van der Waals surface area contributed by atoms with E-state index in [0.29, 0.717) is 22.2 Å². The molecule has 7 heteroatoms. The molecule has 0 fully saturated rings. The average Bonchev–Trinajstić information content (AvgIpc) is 2.28. The van der Waals surface area contributed by atoms with Crippen molar-refractivity contribution in [2.24, 2.45) is 5.73 Å². The second kappa shape index (κ2) is 4.97. The molecule has 6 nitrogen and oxygen atoms in total. The molecule has 0 saturated carbocycles. The standard InChI is InChI=1S/C11H10ClN5O/c1-6-2-9(10(13)14)17-11(16-6)18-8-3-7(12)4-15-5-8/h2-5H,1H3,(H3,13,14). The van der Waals surface area contributed by atoms with Gasteiger partial charge in [-0.2, -0.15) is 4.98 Å². The van der Waals surface area contributed by atoms with Crippen LogP contribution < -0.4 is 10.5 Å². The van der Waals surface area contributed by atoms with Gasteiger partial charge >= 0.3 is 6.01 Å². The summed E-state index contributed by atoms with van der Waals surface area (Å²) in [5, 5.41) is 7.79. The highest BCUT2D eigenvalue weighted by Gasteiger charge is 2.07. The van der Waals surface area contributed by atoms with Crippen LogP contribution in [0, 0.1) is 12.3 Å². The summed E-state index contributed by atoms with van der Waals surface area (Å²) in [5.41, 5.74) is 6.34. The lowest BCUT2D eigenvalue weighted by atomic mass is 10.3. The minimum atomic E-state index is -0.144. The van der Waals surface area contributed by atoms with Crippen molar-refractivity contribution < 1.29 is 4.74 Å². The van der Waals surface area contributed by atoms with E-state index < -0.39 is 0 Å². The summed E-state index contributed by atoms with van der Waals surface area (Å²) >= 11 is 5.79. The first-order chi connectivity index (χ1) is 8.54. The molecule has 0 spiro atoms. The molecule has 2 aromatic heterocycles. The van der Waals surface area contributed by atoms with Crippen molar-refractivity contribution in [2.75, 3.05) is 0 Å². The number of aryl methyl sites for hydroxylation is 1. The molecule has 0 aliphatic heterocycles. The normalized spacial score (nSPS) is 10.1. The van der Waals surface area contributed by atoms with E-state index in [9.17, 15) is 0 Å². The summed E-state index contributed by atoms with van der Waals surface area (Å²) in [6.45, 7) is 1.76. The van der Waals surface area contributed by atoms with Gasteiger partial charge in [-0.1, -0.05) is 11.6 Å². The maximum Gasteiger partial charge on any atom is 0.322 e. The van der Waals surface area contributed by atoms with Crippen LogP contribution in [-0.4, -0.2) is 20.8 Å². The first-order valence-corrected chi connectivity index (χ1v) is 5.41. The van der Waals surface area contributed by atoms with E-state index in [1.807, 2.05) is 0 Å². The van der Waals surface area contributed by atoms with Crippen LogP contribution in [0.2, 0.25) is 5.02 Å². The Hall–Kier alpha value is -2.21. The van der Waals surface area contributed by atoms with Gasteiger partial charge in [0.25, 0.3) is 0 Å². The minimum absolute atomic E-state index is 0.101. The maximum atomic E-state index is 7.34. The molecule has 92 valence electrons. The number of nitrogens with one attached hydrogen (secondary N) is 1. The molecule has 2 rings (SSSR count). The van der Waals surface area contributed by atoms with Gasteiger partial charge in [0.2, 0.25) is 0 Å². The number of nitrogen functional groups attached to an aromatic ring is 1. The number of aromatic nitrogens is 3. The second-order valence-corrected chi connectivity index (χ2v) is 3.97. The van der Waals surface area contributed by atoms with E-state index in [0.717, 1.165) is 0 Å². The molecule has 0 unspecified atom stereocenters. The number of nitrogens with two attached hydrogens (primary N) is 1. The van der Waals surface area contributed by atoms with Crippen LogP contribution in [0.3, 0.4) is 0 Å². The summed E-state index contributed by atoms with van der Waals surface area (Å²) < 4.78 is 5.41. The fourth-order valence-electron chi connectivity index (χ4n) is 1.28. The molecule has 18 heavy (non-hydrogen) atoms. The smallest absolute Gasteiger partial charge is 0.322 e. The molecular weight excluding hydrogens is 254 g/mol. The molecule has 0 bridgehead atoms. The molecule has 0 aromatic carbocycles. The van der Waals surface area contributed by atoms with E-state index >= 15 is 0 Å². The van der Waals surface area contributed by atoms with Gasteiger partial charge in [-0.3, -0.25) is 10.4 Å². The van der Waals surface area contributed by atoms with Crippen LogP contribution in [0.5, 0.6) is 11.8 Å². The highest BCUT2D eigenvalue weighted by atomic mass is 35.5. The molecule has 0 radical (unpaired) electrons. The van der Waals surface area contributed by atoms with Gasteiger partial charge in [0.05, 0.1) is 11.2 Å². The number of hydrogen-bond donors (Lipinski definition) is 2. The monoisotopic (exact) mass is 263 g/mol. The lowest BCUT2D eigenvalue weighted by molar-refractivity contribution is 0.438. The van der Waals surface area contributed by atoms with Gasteiger partial charge in [0.1, 0.15) is 11.5 Å². The third kappa shape index (κ3) is 2.92. The van der Waals surface area contributed by atoms with Crippen molar-refractivity contribution in [2.45, 2.75) is 6.92 Å². The topological polar surface area (TPSA) is 97.8 Å². The zero-order chi connectivity index (χ0) is 13.1. The van der Waals surface area contributed by atoms with E-state index in [2.05, 4.69) is 15.0 Å². The highest BCUT2D eigenvalue weighted by molar-refractivity contribution is 6.30. The number of ether oxygens (including phenoxy) is 1. The zero-order valence-electron chi connectivity index (χ0n) is 9.51. The van der Waals surface area contributed by atoms with Crippen molar-refractivity contribution in [3.05, 3.63) is 40.9 Å². The van der Waals surface area contributed by atoms with Crippen LogP contribution in [0.1, 0.15) is 11.4 Å². The molecule has 2 heterocycles. The van der Waals surface area contributed by atoms with E-state index in [-0.39, 0.29) is 11.8 Å². The van der Waals surface area contributed by atoms with Crippen LogP contribution >= 0.6 is 11.6 Å². The van der Waals surface area contributed by atoms with Gasteiger partial charge in [0.15, 0.2) is 5.75 Å². The molecule has 0 atom stereocenters. The summed E-state index contributed by atoms with van der Waals surface area (Å²) in [7, 11) is 0. The van der Waals surface area contributed by atoms with Crippen molar-refractivity contribution in [3.63, 3.8) is 0 Å². The number of pyridine rings is 1. The Bertz CT molecular complexity index is 602. The Balaban J connectivity index is 2.31. The number of amidine groups is 1. The summed E-state index contributed by atoms with van der Waals surface area (Å²) in [6, 6.07) is 3.29. The Morgan fingerprint density at radius 2 is 2.11 bits per heavy atom. The van der Waals surface area contributed by atoms with Crippen molar-refractivity contribution >= 4 is 17.4 Å². The summed E-state index contributed by atoms with van der Waals surface area (Å²) in [6.07, 6.45) is 2.98. The van der Waals surface area contributed by atoms with Crippen LogP contribution in [0.4, 0.5) is 0 Å². The third-order valence-electron chi connectivity index (χ3n) is 2.00. The molecule has 0 aliphatic rings. The molecule has 0 amide bonds. The van der Waals surface area contributed by atoms with Crippen molar-refractivity contribution in [1.82, 2.24) is 15.0 Å². The van der Waals surface area contributed by atoms with E-state index in [1.165, 1.54) is 12.4 Å². The quantitative estimate of drug-likeness (QED) is 0.651. The number of halogens is 1. The Morgan fingerprint density at radius 3 is 2.78 bits per heavy atom. The lowest BCUT2D eigenvalue weighted by Crippen LogP contribution is -2.14. The third-order valence-corrected chi connectivity index (χ3v) is 2.21. The van der Waals surface area contributed by atoms with Gasteiger partial charge in [-0.25, -0.2) is 4.98 Å². The number of rotatable bonds is 3. The Morgan fingerprint density at radius 1 is 1.33 bits per heavy atom. The molecule has 0 saturated heterocycles. The van der Waals surface area contributed by atoms with Crippen molar-refractivity contribution in [1.29, 1.82) is 5.41 Å². The maximum absolute atomic E-state index is 7.34. The first kappa shape index (κ1) is 12.3. The predicted octanol–water partition coefficient (Wildman–Crippen LogP) is 1.91. The van der Waals surface area contributed by atoms with Gasteiger partial charge in [-0.15, -0.1) is 0 Å². The second-order valence-electron chi connectivity index (χ2n) is 3.53. The highest BCUT2D eigenvalue weighted by Crippen LogP contribution is 2.20. The molecule has 2 aromatic rings. The fraction of sp³-hybridized carbons (Fsp3) is 0.0909. The number of nitrogens with zero attached hydrogens (tertiary/aromatic N) is 3. The summed E-state index contributed by atoms with van der Waals surface area (Å²) in [5.74, 6) is 0.275. The molecule has 3 N–H and O–H groups in total. The first-order valence-electron chi connectivity index (χ1n) is 5.03. The van der Waals surface area contributed by atoms with Gasteiger partial charge in [-0.05, 0) is 13.0 Å². The Kier molecular flexibility index (Phi) is 3.38. The molecule has 0 aliphatic carbocycles. The van der Waals surface area contributed by atoms with Gasteiger partial charge in [0, 0.05) is 18.0 Å². The fourth-order valence-corrected chi connectivity index (χ4v) is 1.44. The van der Waals surface area contributed by atoms with E-state index in [4.69, 9.17) is 27.5 Å². The van der Waals surface area contributed by atoms with Crippen molar-refractivity contribution in [3.8, 4) is 11.8 Å². The zero-order valence-corrected chi connectivity index (χ0v) is 10.3. The average molecular weight is 264 g/mol. The summed E-state index contributed by atoms with van der Waals surface area (Å²) in [4.78, 5) is 12.0. The SMILES string of the molecule is Cc1cc(C(=N)N)nc(Oc2cncc(Cl)c2)n1. The predicted molar refractivity (Wildman–Crippen MR) is 67.1 cm³/mol. The minimum Gasteiger partial charge on any atom is -0.423 e. The van der Waals surface area contributed by atoms with Gasteiger partial charge < -0.3 is 10.5 Å². The van der Waals surface area contributed by atoms with E-state index in [1.54, 1.807) is 19.1 Å². The molecular formula is C11H10ClN5O.